The molecule has 152 valence electrons. The van der Waals surface area contributed by atoms with E-state index in [0.29, 0.717) is 37.0 Å². The van der Waals surface area contributed by atoms with Gasteiger partial charge in [-0.3, -0.25) is 0 Å². The van der Waals surface area contributed by atoms with Crippen LogP contribution in [0.1, 0.15) is 18.7 Å². The first-order chi connectivity index (χ1) is 14.1. The lowest BCUT2D eigenvalue weighted by molar-refractivity contribution is 0.261. The van der Waals surface area contributed by atoms with Crippen molar-refractivity contribution in [1.82, 2.24) is 14.4 Å². The Morgan fingerprint density at radius 2 is 1.90 bits per heavy atom. The maximum Gasteiger partial charge on any atom is 0.257 e. The highest BCUT2D eigenvalue weighted by atomic mass is 32.2. The lowest BCUT2D eigenvalue weighted by atomic mass is 9.96. The van der Waals surface area contributed by atoms with Crippen molar-refractivity contribution in [1.29, 1.82) is 0 Å². The van der Waals surface area contributed by atoms with Crippen molar-refractivity contribution in [2.75, 3.05) is 20.2 Å². The normalized spacial score (nSPS) is 17.9. The fraction of sp³-hybridized carbons (Fsp3) is 0.333. The number of sulfonamides is 1. The molecule has 0 aliphatic carbocycles. The van der Waals surface area contributed by atoms with Crippen molar-refractivity contribution < 1.29 is 17.7 Å². The summed E-state index contributed by atoms with van der Waals surface area (Å²) in [5.41, 5.74) is 0.874. The highest BCUT2D eigenvalue weighted by molar-refractivity contribution is 7.89. The minimum atomic E-state index is -3.54. The Hall–Kier alpha value is -2.71. The standard InChI is InChI=1S/C21H23N3O4S/c1-27-18-9-11-19(12-10-18)29(25,26)24-13-5-6-16(15-24)14-20-22-21(28-23-20)17-7-3-2-4-8-17/h2-4,7-12,16H,5-6,13-15H2,1H3. The second-order valence-corrected chi connectivity index (χ2v) is 9.07. The summed E-state index contributed by atoms with van der Waals surface area (Å²) < 4.78 is 38.1. The molecule has 1 atom stereocenters. The molecule has 7 nitrogen and oxygen atoms in total. The van der Waals surface area contributed by atoms with Gasteiger partial charge in [-0.2, -0.15) is 9.29 Å². The van der Waals surface area contributed by atoms with E-state index in [2.05, 4.69) is 10.1 Å². The Kier molecular flexibility index (Phi) is 5.64. The van der Waals surface area contributed by atoms with E-state index in [9.17, 15) is 8.42 Å². The van der Waals surface area contributed by atoms with Crippen molar-refractivity contribution >= 4 is 10.0 Å². The van der Waals surface area contributed by atoms with Gasteiger partial charge >= 0.3 is 0 Å². The van der Waals surface area contributed by atoms with Gasteiger partial charge in [0, 0.05) is 25.1 Å². The molecule has 1 aliphatic heterocycles. The summed E-state index contributed by atoms with van der Waals surface area (Å²) in [6.07, 6.45) is 2.33. The van der Waals surface area contributed by atoms with Crippen molar-refractivity contribution in [2.24, 2.45) is 5.92 Å². The Bertz CT molecular complexity index is 1050. The molecule has 0 N–H and O–H groups in total. The van der Waals surface area contributed by atoms with Crippen LogP contribution < -0.4 is 4.74 Å². The third-order valence-electron chi connectivity index (χ3n) is 5.14. The number of ether oxygens (including phenoxy) is 1. The van der Waals surface area contributed by atoms with Gasteiger partial charge in [0.15, 0.2) is 5.82 Å². The van der Waals surface area contributed by atoms with Crippen LogP contribution in [0.25, 0.3) is 11.5 Å². The molecule has 0 radical (unpaired) electrons. The molecule has 1 aliphatic rings. The predicted molar refractivity (Wildman–Crippen MR) is 108 cm³/mol. The molecule has 1 aromatic heterocycles. The van der Waals surface area contributed by atoms with E-state index in [1.165, 1.54) is 0 Å². The lowest BCUT2D eigenvalue weighted by Crippen LogP contribution is -2.40. The molecule has 2 heterocycles. The molecular formula is C21H23N3O4S. The number of aromatic nitrogens is 2. The Morgan fingerprint density at radius 3 is 2.62 bits per heavy atom. The van der Waals surface area contributed by atoms with Crippen LogP contribution in [-0.2, 0) is 16.4 Å². The summed E-state index contributed by atoms with van der Waals surface area (Å²) in [5.74, 6) is 1.88. The summed E-state index contributed by atoms with van der Waals surface area (Å²) in [6, 6.07) is 16.1. The molecular weight excluding hydrogens is 390 g/mol. The summed E-state index contributed by atoms with van der Waals surface area (Å²) >= 11 is 0. The van der Waals surface area contributed by atoms with Crippen LogP contribution in [0.4, 0.5) is 0 Å². The van der Waals surface area contributed by atoms with E-state index in [4.69, 9.17) is 9.26 Å². The number of hydrogen-bond acceptors (Lipinski definition) is 6. The molecule has 0 bridgehead atoms. The first-order valence-electron chi connectivity index (χ1n) is 9.58. The van der Waals surface area contributed by atoms with E-state index in [1.54, 1.807) is 35.7 Å². The molecule has 0 spiro atoms. The van der Waals surface area contributed by atoms with Crippen LogP contribution in [0.15, 0.2) is 64.0 Å². The third kappa shape index (κ3) is 4.33. The molecule has 1 unspecified atom stereocenters. The average Bonchev–Trinajstić information content (AvgIpc) is 3.23. The summed E-state index contributed by atoms with van der Waals surface area (Å²) in [4.78, 5) is 4.76. The minimum absolute atomic E-state index is 0.151. The molecule has 29 heavy (non-hydrogen) atoms. The topological polar surface area (TPSA) is 85.5 Å². The molecule has 4 rings (SSSR count). The van der Waals surface area contributed by atoms with Gasteiger partial charge in [0.1, 0.15) is 5.75 Å². The molecule has 0 amide bonds. The number of nitrogens with zero attached hydrogens (tertiary/aromatic N) is 3. The maximum atomic E-state index is 13.0. The van der Waals surface area contributed by atoms with E-state index in [1.807, 2.05) is 30.3 Å². The second-order valence-electron chi connectivity index (χ2n) is 7.13. The second kappa shape index (κ2) is 8.34. The molecule has 3 aromatic rings. The van der Waals surface area contributed by atoms with Gasteiger partial charge in [0.05, 0.1) is 12.0 Å². The van der Waals surface area contributed by atoms with Crippen LogP contribution in [0.3, 0.4) is 0 Å². The van der Waals surface area contributed by atoms with Crippen molar-refractivity contribution in [2.45, 2.75) is 24.2 Å². The van der Waals surface area contributed by atoms with Crippen molar-refractivity contribution in [3.8, 4) is 17.2 Å². The number of benzene rings is 2. The van der Waals surface area contributed by atoms with Crippen molar-refractivity contribution in [3.05, 3.63) is 60.4 Å². The zero-order valence-corrected chi connectivity index (χ0v) is 17.0. The maximum absolute atomic E-state index is 13.0. The summed E-state index contributed by atoms with van der Waals surface area (Å²) in [5, 5.41) is 4.08. The van der Waals surface area contributed by atoms with E-state index >= 15 is 0 Å². The monoisotopic (exact) mass is 413 g/mol. The molecule has 8 heteroatoms. The smallest absolute Gasteiger partial charge is 0.257 e. The highest BCUT2D eigenvalue weighted by Crippen LogP contribution is 2.27. The number of piperidine rings is 1. The Morgan fingerprint density at radius 1 is 1.14 bits per heavy atom. The zero-order chi connectivity index (χ0) is 20.3. The third-order valence-corrected chi connectivity index (χ3v) is 7.02. The van der Waals surface area contributed by atoms with Gasteiger partial charge in [-0.05, 0) is 55.2 Å². The molecule has 0 saturated carbocycles. The average molecular weight is 413 g/mol. The lowest BCUT2D eigenvalue weighted by Gasteiger charge is -2.31. The van der Waals surface area contributed by atoms with Crippen LogP contribution in [0.5, 0.6) is 5.75 Å². The van der Waals surface area contributed by atoms with E-state index in [-0.39, 0.29) is 10.8 Å². The summed E-state index contributed by atoms with van der Waals surface area (Å²) in [6.45, 7) is 0.968. The quantitative estimate of drug-likeness (QED) is 0.616. The predicted octanol–water partition coefficient (Wildman–Crippen LogP) is 3.39. The van der Waals surface area contributed by atoms with Gasteiger partial charge in [-0.1, -0.05) is 23.4 Å². The van der Waals surface area contributed by atoms with Gasteiger partial charge in [0.2, 0.25) is 10.0 Å². The Labute approximate surface area is 170 Å². The fourth-order valence-corrected chi connectivity index (χ4v) is 5.16. The first kappa shape index (κ1) is 19.6. The van der Waals surface area contributed by atoms with Gasteiger partial charge in [-0.15, -0.1) is 0 Å². The number of hydrogen-bond donors (Lipinski definition) is 0. The van der Waals surface area contributed by atoms with Crippen LogP contribution >= 0.6 is 0 Å². The largest absolute Gasteiger partial charge is 0.497 e. The molecule has 2 aromatic carbocycles. The number of rotatable bonds is 6. The van der Waals surface area contributed by atoms with Crippen molar-refractivity contribution in [3.63, 3.8) is 0 Å². The van der Waals surface area contributed by atoms with Crippen LogP contribution in [0.2, 0.25) is 0 Å². The first-order valence-corrected chi connectivity index (χ1v) is 11.0. The minimum Gasteiger partial charge on any atom is -0.497 e. The van der Waals surface area contributed by atoms with Crippen LogP contribution in [0, 0.1) is 5.92 Å². The van der Waals surface area contributed by atoms with Gasteiger partial charge in [0.25, 0.3) is 5.89 Å². The van der Waals surface area contributed by atoms with Gasteiger partial charge in [-0.25, -0.2) is 8.42 Å². The Balaban J connectivity index is 1.45. The summed E-state index contributed by atoms with van der Waals surface area (Å²) in [7, 11) is -1.98. The van der Waals surface area contributed by atoms with E-state index in [0.717, 1.165) is 18.4 Å². The highest BCUT2D eigenvalue weighted by Gasteiger charge is 2.31. The number of methoxy groups -OCH3 is 1. The SMILES string of the molecule is COc1ccc(S(=O)(=O)N2CCCC(Cc3noc(-c4ccccc4)n3)C2)cc1. The van der Waals surface area contributed by atoms with Crippen LogP contribution in [-0.4, -0.2) is 43.1 Å². The fourth-order valence-electron chi connectivity index (χ4n) is 3.60. The van der Waals surface area contributed by atoms with E-state index < -0.39 is 10.0 Å². The molecule has 1 saturated heterocycles. The van der Waals surface area contributed by atoms with Gasteiger partial charge < -0.3 is 9.26 Å². The molecule has 1 fully saturated rings. The zero-order valence-electron chi connectivity index (χ0n) is 16.2.